The molecule has 0 unspecified atom stereocenters. The molecule has 2 fully saturated rings. The van der Waals surface area contributed by atoms with Crippen molar-refractivity contribution in [3.05, 3.63) is 18.7 Å². The van der Waals surface area contributed by atoms with Crippen molar-refractivity contribution in [2.75, 3.05) is 26.2 Å². The summed E-state index contributed by atoms with van der Waals surface area (Å²) in [5, 5.41) is 13.5. The van der Waals surface area contributed by atoms with Gasteiger partial charge in [0.15, 0.2) is 0 Å². The summed E-state index contributed by atoms with van der Waals surface area (Å²) in [5.41, 5.74) is 0. The Kier molecular flexibility index (Phi) is 3.13. The third-order valence-electron chi connectivity index (χ3n) is 4.02. The number of nitrogens with one attached hydrogen (secondary N) is 1. The number of likely N-dealkylation sites (tertiary alicyclic amines) is 1. The van der Waals surface area contributed by atoms with Crippen LogP contribution < -0.4 is 5.32 Å². The molecule has 3 heterocycles. The van der Waals surface area contributed by atoms with E-state index in [1.54, 1.807) is 12.5 Å². The topological polar surface area (TPSA) is 53.3 Å². The molecule has 0 bridgehead atoms. The van der Waals surface area contributed by atoms with Gasteiger partial charge in [0.1, 0.15) is 0 Å². The summed E-state index contributed by atoms with van der Waals surface area (Å²) in [5.74, 6) is 0. The van der Waals surface area contributed by atoms with Gasteiger partial charge in [-0.15, -0.1) is 0 Å². The Morgan fingerprint density at radius 3 is 2.76 bits per heavy atom. The first kappa shape index (κ1) is 11.2. The van der Waals surface area contributed by atoms with Crippen LogP contribution in [0.5, 0.6) is 0 Å². The van der Waals surface area contributed by atoms with E-state index in [0.717, 1.165) is 26.2 Å². The quantitative estimate of drug-likeness (QED) is 0.750. The molecule has 5 nitrogen and oxygen atoms in total. The number of hydrogen-bond acceptors (Lipinski definition) is 4. The fraction of sp³-hybridized carbons (Fsp3) is 0.750. The van der Waals surface area contributed by atoms with Crippen LogP contribution in [0.25, 0.3) is 0 Å². The normalized spacial score (nSPS) is 32.1. The van der Waals surface area contributed by atoms with E-state index in [1.807, 2.05) is 10.8 Å². The number of rotatable bonds is 2. The molecule has 0 amide bonds. The third kappa shape index (κ3) is 2.22. The molecule has 3 rings (SSSR count). The number of aliphatic hydroxyl groups excluding tert-OH is 1. The minimum Gasteiger partial charge on any atom is -0.390 e. The number of aromatic nitrogens is 2. The summed E-state index contributed by atoms with van der Waals surface area (Å²) in [6.07, 6.45) is 7.66. The summed E-state index contributed by atoms with van der Waals surface area (Å²) < 4.78 is 2.03. The molecule has 2 aliphatic rings. The Balaban J connectivity index is 1.66. The van der Waals surface area contributed by atoms with Gasteiger partial charge >= 0.3 is 0 Å². The molecule has 0 saturated carbocycles. The summed E-state index contributed by atoms with van der Waals surface area (Å²) in [7, 11) is 0. The molecular weight excluding hydrogens is 216 g/mol. The van der Waals surface area contributed by atoms with Crippen molar-refractivity contribution in [3.63, 3.8) is 0 Å². The Morgan fingerprint density at radius 2 is 2.06 bits per heavy atom. The summed E-state index contributed by atoms with van der Waals surface area (Å²) in [4.78, 5) is 6.50. The van der Waals surface area contributed by atoms with Crippen LogP contribution in [0.4, 0.5) is 0 Å². The van der Waals surface area contributed by atoms with Crippen molar-refractivity contribution in [2.24, 2.45) is 0 Å². The molecule has 1 aromatic rings. The number of piperidine rings is 1. The van der Waals surface area contributed by atoms with Gasteiger partial charge < -0.3 is 15.0 Å². The van der Waals surface area contributed by atoms with Crippen LogP contribution in [0.3, 0.4) is 0 Å². The lowest BCUT2D eigenvalue weighted by molar-refractivity contribution is 0.132. The smallest absolute Gasteiger partial charge is 0.0949 e. The van der Waals surface area contributed by atoms with E-state index < -0.39 is 0 Å². The van der Waals surface area contributed by atoms with E-state index in [4.69, 9.17) is 0 Å². The van der Waals surface area contributed by atoms with Crippen LogP contribution in [0.2, 0.25) is 0 Å². The molecule has 2 aliphatic heterocycles. The summed E-state index contributed by atoms with van der Waals surface area (Å²) >= 11 is 0. The zero-order valence-corrected chi connectivity index (χ0v) is 10.00. The molecular formula is C12H20N4O. The second-order valence-corrected chi connectivity index (χ2v) is 5.08. The van der Waals surface area contributed by atoms with Crippen molar-refractivity contribution in [3.8, 4) is 0 Å². The van der Waals surface area contributed by atoms with E-state index in [1.165, 1.54) is 12.8 Å². The molecule has 0 aliphatic carbocycles. The van der Waals surface area contributed by atoms with E-state index in [-0.39, 0.29) is 12.1 Å². The minimum atomic E-state index is -0.265. The van der Waals surface area contributed by atoms with E-state index in [9.17, 15) is 5.11 Å². The number of nitrogens with zero attached hydrogens (tertiary/aromatic N) is 3. The van der Waals surface area contributed by atoms with Gasteiger partial charge in [-0.2, -0.15) is 0 Å². The average Bonchev–Trinajstić information content (AvgIpc) is 2.99. The first-order valence-corrected chi connectivity index (χ1v) is 6.45. The Morgan fingerprint density at radius 1 is 1.24 bits per heavy atom. The van der Waals surface area contributed by atoms with Crippen LogP contribution in [0.15, 0.2) is 18.7 Å². The number of hydrogen-bond donors (Lipinski definition) is 2. The van der Waals surface area contributed by atoms with Gasteiger partial charge in [0.25, 0.3) is 0 Å². The van der Waals surface area contributed by atoms with Crippen molar-refractivity contribution in [1.29, 1.82) is 0 Å². The molecule has 0 spiro atoms. The van der Waals surface area contributed by atoms with Crippen LogP contribution in [0.1, 0.15) is 18.9 Å². The molecule has 0 aromatic carbocycles. The highest BCUT2D eigenvalue weighted by Crippen LogP contribution is 2.26. The molecule has 1 aromatic heterocycles. The molecule has 0 radical (unpaired) electrons. The van der Waals surface area contributed by atoms with Gasteiger partial charge in [-0.1, -0.05) is 0 Å². The highest BCUT2D eigenvalue weighted by Gasteiger charge is 2.36. The van der Waals surface area contributed by atoms with Gasteiger partial charge in [-0.3, -0.25) is 4.90 Å². The van der Waals surface area contributed by atoms with Crippen LogP contribution >= 0.6 is 0 Å². The van der Waals surface area contributed by atoms with E-state index in [2.05, 4.69) is 15.2 Å². The number of β-amino-alcohol motifs (C(OH)–C–C–N with tert-alkyl or cyclic N) is 1. The first-order chi connectivity index (χ1) is 8.34. The lowest BCUT2D eigenvalue weighted by Gasteiger charge is -2.31. The molecule has 5 heteroatoms. The zero-order valence-electron chi connectivity index (χ0n) is 10.00. The van der Waals surface area contributed by atoms with E-state index in [0.29, 0.717) is 6.04 Å². The first-order valence-electron chi connectivity index (χ1n) is 6.45. The lowest BCUT2D eigenvalue weighted by Crippen LogP contribution is -2.42. The molecule has 17 heavy (non-hydrogen) atoms. The van der Waals surface area contributed by atoms with Gasteiger partial charge in [-0.05, 0) is 25.9 Å². The Bertz CT molecular complexity index is 347. The molecule has 2 saturated heterocycles. The maximum atomic E-state index is 10.2. The third-order valence-corrected chi connectivity index (χ3v) is 4.02. The van der Waals surface area contributed by atoms with Gasteiger partial charge in [0.05, 0.1) is 18.5 Å². The monoisotopic (exact) mass is 236 g/mol. The van der Waals surface area contributed by atoms with Crippen molar-refractivity contribution in [2.45, 2.75) is 31.0 Å². The molecule has 2 atom stereocenters. The summed E-state index contributed by atoms with van der Waals surface area (Å²) in [6.45, 7) is 3.95. The Hall–Kier alpha value is -0.910. The standard InChI is InChI=1S/C12H20N4O/c17-12-8-16(10-1-3-13-4-2-10)7-11(12)15-6-5-14-9-15/h5-6,9-13,17H,1-4,7-8H2/t11-,12+/m0/s1. The Labute approximate surface area is 101 Å². The van der Waals surface area contributed by atoms with Crippen LogP contribution in [-0.2, 0) is 0 Å². The second-order valence-electron chi connectivity index (χ2n) is 5.08. The maximum absolute atomic E-state index is 10.2. The fourth-order valence-corrected chi connectivity index (χ4v) is 3.03. The minimum absolute atomic E-state index is 0.174. The van der Waals surface area contributed by atoms with Crippen molar-refractivity contribution >= 4 is 0 Å². The van der Waals surface area contributed by atoms with Crippen molar-refractivity contribution in [1.82, 2.24) is 19.8 Å². The predicted octanol–water partition coefficient (Wildman–Crippen LogP) is -0.147. The fourth-order valence-electron chi connectivity index (χ4n) is 3.03. The van der Waals surface area contributed by atoms with E-state index >= 15 is 0 Å². The van der Waals surface area contributed by atoms with Crippen LogP contribution in [0, 0.1) is 0 Å². The molecule has 94 valence electrons. The average molecular weight is 236 g/mol. The number of imidazole rings is 1. The van der Waals surface area contributed by atoms with Gasteiger partial charge in [0.2, 0.25) is 0 Å². The van der Waals surface area contributed by atoms with Crippen LogP contribution in [-0.4, -0.2) is 57.9 Å². The summed E-state index contributed by atoms with van der Waals surface area (Å²) in [6, 6.07) is 0.812. The SMILES string of the molecule is O[C@@H]1CN(C2CCNCC2)C[C@@H]1n1ccnc1. The zero-order chi connectivity index (χ0) is 11.7. The lowest BCUT2D eigenvalue weighted by atomic mass is 10.1. The highest BCUT2D eigenvalue weighted by atomic mass is 16.3. The van der Waals surface area contributed by atoms with Crippen molar-refractivity contribution < 1.29 is 5.11 Å². The largest absolute Gasteiger partial charge is 0.390 e. The predicted molar refractivity (Wildman–Crippen MR) is 64.7 cm³/mol. The number of aliphatic hydroxyl groups is 1. The molecule has 2 N–H and O–H groups in total. The van der Waals surface area contributed by atoms with Gasteiger partial charge in [-0.25, -0.2) is 4.98 Å². The van der Waals surface area contributed by atoms with Gasteiger partial charge in [0, 0.05) is 31.5 Å². The second kappa shape index (κ2) is 4.76. The maximum Gasteiger partial charge on any atom is 0.0949 e. The highest BCUT2D eigenvalue weighted by molar-refractivity contribution is 4.94.